The third-order valence-corrected chi connectivity index (χ3v) is 1.48. The van der Waals surface area contributed by atoms with E-state index in [1.807, 2.05) is 0 Å². The second-order valence-corrected chi connectivity index (χ2v) is 2.75. The average molecular weight is 218 g/mol. The molecule has 0 spiro atoms. The summed E-state index contributed by atoms with van der Waals surface area (Å²) in [5.41, 5.74) is 0. The Morgan fingerprint density at radius 3 is 2.00 bits per heavy atom. The zero-order valence-electron chi connectivity index (χ0n) is 8.15. The quantitative estimate of drug-likeness (QED) is 0.397. The first-order chi connectivity index (χ1) is 7.06. The molecule has 0 aromatic carbocycles. The number of rotatable bonds is 7. The first-order valence-electron chi connectivity index (χ1n) is 4.42. The van der Waals surface area contributed by atoms with Gasteiger partial charge in [0.15, 0.2) is 0 Å². The van der Waals surface area contributed by atoms with E-state index in [1.54, 1.807) is 0 Å². The van der Waals surface area contributed by atoms with Crippen LogP contribution in [0.15, 0.2) is 0 Å². The maximum Gasteiger partial charge on any atom is 0.305 e. The van der Waals surface area contributed by atoms with Gasteiger partial charge in [-0.25, -0.2) is 0 Å². The molecule has 0 aromatic rings. The Labute approximate surface area is 86.5 Å². The number of aliphatic hydroxyl groups excluding tert-OH is 1. The van der Waals surface area contributed by atoms with E-state index in [0.29, 0.717) is 0 Å². The minimum absolute atomic E-state index is 0.0609. The molecule has 7 nitrogen and oxygen atoms in total. The predicted octanol–water partition coefficient (Wildman–Crippen LogP) is -1.92. The van der Waals surface area contributed by atoms with Crippen LogP contribution in [0.3, 0.4) is 0 Å². The average Bonchev–Trinajstić information content (AvgIpc) is 2.17. The third kappa shape index (κ3) is 8.69. The first-order valence-corrected chi connectivity index (χ1v) is 4.42. The van der Waals surface area contributed by atoms with Crippen LogP contribution in [0.4, 0.5) is 0 Å². The fraction of sp³-hybridized carbons (Fsp3) is 0.625. The lowest BCUT2D eigenvalue weighted by Crippen LogP contribution is -2.32. The number of amides is 2. The Hall–Kier alpha value is -1.63. The van der Waals surface area contributed by atoms with Gasteiger partial charge in [0, 0.05) is 19.5 Å². The van der Waals surface area contributed by atoms with Crippen LogP contribution in [0.2, 0.25) is 0 Å². The monoisotopic (exact) mass is 218 g/mol. The summed E-state index contributed by atoms with van der Waals surface area (Å²) in [5, 5.41) is 21.3. The number of aliphatic carboxylic acids is 1. The highest BCUT2D eigenvalue weighted by Gasteiger charge is 2.03. The van der Waals surface area contributed by atoms with Crippen molar-refractivity contribution in [3.05, 3.63) is 0 Å². The molecular formula is C8H14N2O5. The second-order valence-electron chi connectivity index (χ2n) is 2.75. The number of carboxylic acids is 1. The van der Waals surface area contributed by atoms with Gasteiger partial charge in [-0.15, -0.1) is 0 Å². The summed E-state index contributed by atoms with van der Waals surface area (Å²) in [4.78, 5) is 31.6. The van der Waals surface area contributed by atoms with Gasteiger partial charge in [-0.1, -0.05) is 0 Å². The van der Waals surface area contributed by atoms with Gasteiger partial charge >= 0.3 is 5.97 Å². The van der Waals surface area contributed by atoms with Gasteiger partial charge in [0.2, 0.25) is 11.8 Å². The van der Waals surface area contributed by atoms with Crippen LogP contribution in [0.25, 0.3) is 0 Å². The molecule has 2 amide bonds. The number of aliphatic hydroxyl groups is 1. The molecule has 0 aliphatic heterocycles. The van der Waals surface area contributed by atoms with Gasteiger partial charge in [0.1, 0.15) is 6.61 Å². The molecule has 0 aromatic heterocycles. The number of nitrogens with one attached hydrogen (secondary N) is 2. The molecule has 0 rings (SSSR count). The topological polar surface area (TPSA) is 116 Å². The minimum Gasteiger partial charge on any atom is -0.481 e. The molecule has 0 unspecified atom stereocenters. The number of hydrogen-bond acceptors (Lipinski definition) is 4. The van der Waals surface area contributed by atoms with Crippen LogP contribution in [0.1, 0.15) is 12.8 Å². The SMILES string of the molecule is O=C(O)CCNC(=O)CCNC(=O)CO. The highest BCUT2D eigenvalue weighted by molar-refractivity contribution is 5.79. The molecule has 0 bridgehead atoms. The van der Waals surface area contributed by atoms with Gasteiger partial charge in [-0.2, -0.15) is 0 Å². The third-order valence-electron chi connectivity index (χ3n) is 1.48. The van der Waals surface area contributed by atoms with Crippen molar-refractivity contribution < 1.29 is 24.6 Å². The van der Waals surface area contributed by atoms with Crippen molar-refractivity contribution in [2.75, 3.05) is 19.7 Å². The van der Waals surface area contributed by atoms with Crippen molar-refractivity contribution >= 4 is 17.8 Å². The summed E-state index contributed by atoms with van der Waals surface area (Å²) in [6.07, 6.45) is -0.0693. The maximum absolute atomic E-state index is 11.0. The predicted molar refractivity (Wildman–Crippen MR) is 50.0 cm³/mol. The molecule has 4 N–H and O–H groups in total. The van der Waals surface area contributed by atoms with Gasteiger partial charge in [0.05, 0.1) is 6.42 Å². The van der Waals surface area contributed by atoms with E-state index < -0.39 is 18.5 Å². The Kier molecular flexibility index (Phi) is 6.90. The summed E-state index contributed by atoms with van der Waals surface area (Å²) in [5.74, 6) is -1.87. The van der Waals surface area contributed by atoms with Crippen molar-refractivity contribution in [1.82, 2.24) is 10.6 Å². The molecular weight excluding hydrogens is 204 g/mol. The zero-order valence-corrected chi connectivity index (χ0v) is 8.15. The van der Waals surface area contributed by atoms with Gasteiger partial charge in [-0.05, 0) is 0 Å². The Morgan fingerprint density at radius 2 is 1.47 bits per heavy atom. The maximum atomic E-state index is 11.0. The number of hydrogen-bond donors (Lipinski definition) is 4. The van der Waals surface area contributed by atoms with Crippen LogP contribution in [0, 0.1) is 0 Å². The molecule has 0 saturated heterocycles. The molecule has 0 radical (unpaired) electrons. The number of carbonyl (C=O) groups excluding carboxylic acids is 2. The van der Waals surface area contributed by atoms with E-state index in [-0.39, 0.29) is 31.8 Å². The lowest BCUT2D eigenvalue weighted by atomic mass is 10.3. The van der Waals surface area contributed by atoms with Crippen LogP contribution >= 0.6 is 0 Å². The van der Waals surface area contributed by atoms with Gasteiger partial charge < -0.3 is 20.8 Å². The fourth-order valence-electron chi connectivity index (χ4n) is 0.769. The normalized spacial score (nSPS) is 9.40. The smallest absolute Gasteiger partial charge is 0.305 e. The van der Waals surface area contributed by atoms with Crippen LogP contribution in [0.5, 0.6) is 0 Å². The molecule has 15 heavy (non-hydrogen) atoms. The lowest BCUT2D eigenvalue weighted by molar-refractivity contribution is -0.137. The van der Waals surface area contributed by atoms with Crippen LogP contribution < -0.4 is 10.6 Å². The van der Waals surface area contributed by atoms with E-state index in [2.05, 4.69) is 10.6 Å². The second kappa shape index (κ2) is 7.74. The molecule has 86 valence electrons. The fourth-order valence-corrected chi connectivity index (χ4v) is 0.769. The molecule has 0 heterocycles. The molecule has 0 aliphatic rings. The Balaban J connectivity index is 3.41. The standard InChI is InChI=1S/C8H14N2O5/c11-5-7(13)10-3-1-6(12)9-4-2-8(14)15/h11H,1-5H2,(H,9,12)(H,10,13)(H,14,15). The van der Waals surface area contributed by atoms with E-state index in [0.717, 1.165) is 0 Å². The first kappa shape index (κ1) is 13.4. The highest BCUT2D eigenvalue weighted by atomic mass is 16.4. The largest absolute Gasteiger partial charge is 0.481 e. The molecule has 0 fully saturated rings. The van der Waals surface area contributed by atoms with Gasteiger partial charge in [-0.3, -0.25) is 14.4 Å². The molecule has 0 saturated carbocycles. The zero-order chi connectivity index (χ0) is 11.7. The van der Waals surface area contributed by atoms with E-state index in [1.165, 1.54) is 0 Å². The van der Waals surface area contributed by atoms with Crippen molar-refractivity contribution in [1.29, 1.82) is 0 Å². The summed E-state index contributed by atoms with van der Waals surface area (Å²) in [7, 11) is 0. The number of carboxylic acid groups (broad SMARTS) is 1. The van der Waals surface area contributed by atoms with Gasteiger partial charge in [0.25, 0.3) is 0 Å². The molecule has 7 heteroatoms. The highest BCUT2D eigenvalue weighted by Crippen LogP contribution is 1.80. The van der Waals surface area contributed by atoms with E-state index in [9.17, 15) is 14.4 Å². The molecule has 0 aliphatic carbocycles. The minimum atomic E-state index is -0.983. The van der Waals surface area contributed by atoms with Crippen molar-refractivity contribution in [2.45, 2.75) is 12.8 Å². The summed E-state index contributed by atoms with van der Waals surface area (Å²) < 4.78 is 0. The molecule has 0 atom stereocenters. The van der Waals surface area contributed by atoms with E-state index in [4.69, 9.17) is 10.2 Å². The summed E-state index contributed by atoms with van der Waals surface area (Å²) in [6.45, 7) is -0.416. The van der Waals surface area contributed by atoms with E-state index >= 15 is 0 Å². The van der Waals surface area contributed by atoms with Crippen LogP contribution in [-0.2, 0) is 14.4 Å². The Bertz CT molecular complexity index is 241. The summed E-state index contributed by atoms with van der Waals surface area (Å²) in [6, 6.07) is 0. The number of carbonyl (C=O) groups is 3. The van der Waals surface area contributed by atoms with Crippen LogP contribution in [-0.4, -0.2) is 47.7 Å². The van der Waals surface area contributed by atoms with Crippen molar-refractivity contribution in [2.24, 2.45) is 0 Å². The lowest BCUT2D eigenvalue weighted by Gasteiger charge is -2.04. The van der Waals surface area contributed by atoms with Crippen molar-refractivity contribution in [3.63, 3.8) is 0 Å². The Morgan fingerprint density at radius 1 is 0.933 bits per heavy atom. The van der Waals surface area contributed by atoms with Crippen molar-refractivity contribution in [3.8, 4) is 0 Å². The summed E-state index contributed by atoms with van der Waals surface area (Å²) >= 11 is 0.